The zero-order chi connectivity index (χ0) is 16.2. The monoisotopic (exact) mass is 293 g/mol. The number of hydrogen-bond donors (Lipinski definition) is 2. The summed E-state index contributed by atoms with van der Waals surface area (Å²) in [7, 11) is 0. The fourth-order valence-electron chi connectivity index (χ4n) is 2.44. The SMILES string of the molecule is Cc1cc([N+](=O)[O-])ccc1C(=O)NC(C)(CN)CC(C)C. The van der Waals surface area contributed by atoms with E-state index in [2.05, 4.69) is 19.2 Å². The van der Waals surface area contributed by atoms with Crippen LogP contribution in [0.2, 0.25) is 0 Å². The Morgan fingerprint density at radius 2 is 2.10 bits per heavy atom. The first-order valence-electron chi connectivity index (χ1n) is 6.96. The summed E-state index contributed by atoms with van der Waals surface area (Å²) in [6, 6.07) is 4.22. The minimum atomic E-state index is -0.487. The lowest BCUT2D eigenvalue weighted by Crippen LogP contribution is -2.52. The zero-order valence-electron chi connectivity index (χ0n) is 13.0. The predicted octanol–water partition coefficient (Wildman–Crippen LogP) is 2.40. The van der Waals surface area contributed by atoms with Crippen LogP contribution in [0.5, 0.6) is 0 Å². The molecule has 1 atom stereocenters. The van der Waals surface area contributed by atoms with Crippen molar-refractivity contribution in [3.8, 4) is 0 Å². The van der Waals surface area contributed by atoms with Crippen LogP contribution in [-0.4, -0.2) is 22.9 Å². The smallest absolute Gasteiger partial charge is 0.269 e. The quantitative estimate of drug-likeness (QED) is 0.621. The lowest BCUT2D eigenvalue weighted by molar-refractivity contribution is -0.384. The lowest BCUT2D eigenvalue weighted by Gasteiger charge is -2.31. The van der Waals surface area contributed by atoms with Crippen LogP contribution in [0.15, 0.2) is 18.2 Å². The van der Waals surface area contributed by atoms with Crippen LogP contribution in [0.25, 0.3) is 0 Å². The van der Waals surface area contributed by atoms with Crippen molar-refractivity contribution >= 4 is 11.6 Å². The molecule has 6 heteroatoms. The number of amides is 1. The number of non-ortho nitro benzene ring substituents is 1. The summed E-state index contributed by atoms with van der Waals surface area (Å²) in [5.74, 6) is 0.146. The summed E-state index contributed by atoms with van der Waals surface area (Å²) in [5, 5.41) is 13.7. The van der Waals surface area contributed by atoms with Gasteiger partial charge in [0.05, 0.1) is 4.92 Å². The van der Waals surface area contributed by atoms with E-state index in [1.807, 2.05) is 6.92 Å². The van der Waals surface area contributed by atoms with E-state index < -0.39 is 10.5 Å². The highest BCUT2D eigenvalue weighted by Gasteiger charge is 2.27. The standard InChI is InChI=1S/C15H23N3O3/c1-10(2)8-15(4,9-16)17-14(19)13-6-5-12(18(20)21)7-11(13)3/h5-7,10H,8-9,16H2,1-4H3,(H,17,19). The molecular formula is C15H23N3O3. The molecule has 0 spiro atoms. The van der Waals surface area contributed by atoms with Crippen molar-refractivity contribution < 1.29 is 9.72 Å². The Morgan fingerprint density at radius 3 is 2.52 bits per heavy atom. The van der Waals surface area contributed by atoms with Gasteiger partial charge in [0.25, 0.3) is 11.6 Å². The van der Waals surface area contributed by atoms with Crippen molar-refractivity contribution in [2.24, 2.45) is 11.7 Å². The molecule has 3 N–H and O–H groups in total. The van der Waals surface area contributed by atoms with Gasteiger partial charge in [0.1, 0.15) is 0 Å². The summed E-state index contributed by atoms with van der Waals surface area (Å²) in [4.78, 5) is 22.6. The van der Waals surface area contributed by atoms with Gasteiger partial charge < -0.3 is 11.1 Å². The topological polar surface area (TPSA) is 98.3 Å². The normalized spacial score (nSPS) is 13.8. The van der Waals surface area contributed by atoms with Crippen LogP contribution in [0.4, 0.5) is 5.69 Å². The zero-order valence-corrected chi connectivity index (χ0v) is 13.0. The second-order valence-electron chi connectivity index (χ2n) is 6.07. The van der Waals surface area contributed by atoms with E-state index in [0.717, 1.165) is 6.42 Å². The summed E-state index contributed by atoms with van der Waals surface area (Å²) in [5.41, 5.74) is 6.28. The average molecular weight is 293 g/mol. The molecule has 0 aliphatic heterocycles. The van der Waals surface area contributed by atoms with Gasteiger partial charge in [0.15, 0.2) is 0 Å². The average Bonchev–Trinajstić information content (AvgIpc) is 2.37. The van der Waals surface area contributed by atoms with E-state index >= 15 is 0 Å². The molecule has 1 aromatic carbocycles. The molecule has 0 bridgehead atoms. The van der Waals surface area contributed by atoms with Crippen LogP contribution in [0.3, 0.4) is 0 Å². The molecule has 0 saturated carbocycles. The second kappa shape index (κ2) is 6.67. The molecule has 0 aliphatic carbocycles. The van der Waals surface area contributed by atoms with Crippen molar-refractivity contribution in [2.45, 2.75) is 39.7 Å². The fourth-order valence-corrected chi connectivity index (χ4v) is 2.44. The Balaban J connectivity index is 2.96. The summed E-state index contributed by atoms with van der Waals surface area (Å²) in [6.45, 7) is 8.06. The van der Waals surface area contributed by atoms with Crippen LogP contribution in [0, 0.1) is 23.0 Å². The highest BCUT2D eigenvalue weighted by atomic mass is 16.6. The minimum absolute atomic E-state index is 0.0205. The highest BCUT2D eigenvalue weighted by molar-refractivity contribution is 5.96. The summed E-state index contributed by atoms with van der Waals surface area (Å²) in [6.07, 6.45) is 0.765. The number of rotatable bonds is 6. The Morgan fingerprint density at radius 1 is 1.48 bits per heavy atom. The number of hydrogen-bond acceptors (Lipinski definition) is 4. The molecule has 1 unspecified atom stereocenters. The second-order valence-corrected chi connectivity index (χ2v) is 6.07. The third-order valence-corrected chi connectivity index (χ3v) is 3.39. The van der Waals surface area contributed by atoms with E-state index in [4.69, 9.17) is 5.73 Å². The van der Waals surface area contributed by atoms with Gasteiger partial charge in [-0.2, -0.15) is 0 Å². The highest BCUT2D eigenvalue weighted by Crippen LogP contribution is 2.20. The lowest BCUT2D eigenvalue weighted by atomic mass is 9.90. The molecule has 21 heavy (non-hydrogen) atoms. The fraction of sp³-hybridized carbons (Fsp3) is 0.533. The van der Waals surface area contributed by atoms with Crippen LogP contribution < -0.4 is 11.1 Å². The molecule has 0 radical (unpaired) electrons. The number of carbonyl (C=O) groups is 1. The maximum Gasteiger partial charge on any atom is 0.269 e. The maximum absolute atomic E-state index is 12.4. The number of nitrogens with one attached hydrogen (secondary N) is 1. The Labute approximate surface area is 124 Å². The molecule has 0 fully saturated rings. The van der Waals surface area contributed by atoms with Gasteiger partial charge in [-0.1, -0.05) is 13.8 Å². The third kappa shape index (κ3) is 4.53. The number of nitro benzene ring substituents is 1. The molecule has 116 valence electrons. The summed E-state index contributed by atoms with van der Waals surface area (Å²) < 4.78 is 0. The van der Waals surface area contributed by atoms with Crippen LogP contribution >= 0.6 is 0 Å². The number of carbonyl (C=O) groups excluding carboxylic acids is 1. The molecule has 1 rings (SSSR count). The molecule has 0 heterocycles. The van der Waals surface area contributed by atoms with Gasteiger partial charge in [0, 0.05) is 29.8 Å². The van der Waals surface area contributed by atoms with Crippen molar-refractivity contribution in [1.29, 1.82) is 0 Å². The van der Waals surface area contributed by atoms with E-state index in [9.17, 15) is 14.9 Å². The van der Waals surface area contributed by atoms with E-state index in [1.165, 1.54) is 18.2 Å². The molecule has 0 aliphatic rings. The van der Waals surface area contributed by atoms with E-state index in [-0.39, 0.29) is 11.6 Å². The number of benzene rings is 1. The Hall–Kier alpha value is -1.95. The Bertz CT molecular complexity index is 543. The van der Waals surface area contributed by atoms with Gasteiger partial charge in [-0.3, -0.25) is 14.9 Å². The molecule has 0 aromatic heterocycles. The Kier molecular flexibility index (Phi) is 5.43. The number of nitrogens with two attached hydrogens (primary N) is 1. The third-order valence-electron chi connectivity index (χ3n) is 3.39. The van der Waals surface area contributed by atoms with Crippen LogP contribution in [0.1, 0.15) is 43.1 Å². The first-order chi connectivity index (χ1) is 9.68. The van der Waals surface area contributed by atoms with Gasteiger partial charge in [-0.25, -0.2) is 0 Å². The minimum Gasteiger partial charge on any atom is -0.346 e. The van der Waals surface area contributed by atoms with Crippen LogP contribution in [-0.2, 0) is 0 Å². The maximum atomic E-state index is 12.4. The predicted molar refractivity (Wildman–Crippen MR) is 82.2 cm³/mol. The van der Waals surface area contributed by atoms with Crippen molar-refractivity contribution in [1.82, 2.24) is 5.32 Å². The number of aryl methyl sites for hydroxylation is 1. The molecular weight excluding hydrogens is 270 g/mol. The van der Waals surface area contributed by atoms with E-state index in [0.29, 0.717) is 23.6 Å². The van der Waals surface area contributed by atoms with Gasteiger partial charge >= 0.3 is 0 Å². The first-order valence-corrected chi connectivity index (χ1v) is 6.96. The summed E-state index contributed by atoms with van der Waals surface area (Å²) >= 11 is 0. The number of nitrogens with zero attached hydrogens (tertiary/aromatic N) is 1. The molecule has 6 nitrogen and oxygen atoms in total. The van der Waals surface area contributed by atoms with Gasteiger partial charge in [0.2, 0.25) is 0 Å². The van der Waals surface area contributed by atoms with Crippen molar-refractivity contribution in [3.05, 3.63) is 39.4 Å². The van der Waals surface area contributed by atoms with Crippen molar-refractivity contribution in [2.75, 3.05) is 6.54 Å². The largest absolute Gasteiger partial charge is 0.346 e. The molecule has 0 saturated heterocycles. The molecule has 1 amide bonds. The first kappa shape index (κ1) is 17.1. The van der Waals surface area contributed by atoms with Gasteiger partial charge in [-0.05, 0) is 37.8 Å². The number of nitro groups is 1. The van der Waals surface area contributed by atoms with Crippen molar-refractivity contribution in [3.63, 3.8) is 0 Å². The molecule has 1 aromatic rings. The van der Waals surface area contributed by atoms with Gasteiger partial charge in [-0.15, -0.1) is 0 Å². The van der Waals surface area contributed by atoms with E-state index in [1.54, 1.807) is 6.92 Å².